The largest absolute Gasteiger partial charge is 0.381 e. The summed E-state index contributed by atoms with van der Waals surface area (Å²) in [4.78, 5) is 6.13. The Kier molecular flexibility index (Phi) is 6.88. The minimum absolute atomic E-state index is 1.04. The highest BCUT2D eigenvalue weighted by molar-refractivity contribution is 5.69. The molecule has 0 heterocycles. The minimum atomic E-state index is 1.04. The summed E-state index contributed by atoms with van der Waals surface area (Å²) in [6.45, 7) is 2.14. The molecule has 13 heavy (non-hydrogen) atoms. The van der Waals surface area contributed by atoms with Crippen molar-refractivity contribution in [3.05, 3.63) is 12.4 Å². The van der Waals surface area contributed by atoms with Gasteiger partial charge in [-0.15, -0.1) is 0 Å². The molecule has 3 nitrogen and oxygen atoms in total. The smallest absolute Gasteiger partial charge is 0.285 e. The van der Waals surface area contributed by atoms with Gasteiger partial charge in [0.05, 0.1) is 7.05 Å². The van der Waals surface area contributed by atoms with Crippen molar-refractivity contribution < 1.29 is 4.58 Å². The van der Waals surface area contributed by atoms with Crippen molar-refractivity contribution in [1.29, 1.82) is 0 Å². The van der Waals surface area contributed by atoms with E-state index in [0.717, 1.165) is 12.8 Å². The van der Waals surface area contributed by atoms with Gasteiger partial charge in [-0.2, -0.15) is 0 Å². The van der Waals surface area contributed by atoms with Crippen molar-refractivity contribution in [2.45, 2.75) is 19.8 Å². The SMILES string of the molecule is CCCC=NC=[N+](C)/C=C\N(C)C. The summed E-state index contributed by atoms with van der Waals surface area (Å²) in [5.74, 6) is 0. The predicted molar refractivity (Wildman–Crippen MR) is 58.5 cm³/mol. The van der Waals surface area contributed by atoms with Gasteiger partial charge in [0.15, 0.2) is 0 Å². The second kappa shape index (κ2) is 7.53. The molecule has 0 aliphatic carbocycles. The number of hydrogen-bond acceptors (Lipinski definition) is 1. The van der Waals surface area contributed by atoms with Crippen LogP contribution in [0.15, 0.2) is 17.4 Å². The van der Waals surface area contributed by atoms with Crippen LogP contribution in [0.4, 0.5) is 0 Å². The van der Waals surface area contributed by atoms with Crippen molar-refractivity contribution >= 4 is 12.6 Å². The highest BCUT2D eigenvalue weighted by Gasteiger charge is 1.84. The lowest BCUT2D eigenvalue weighted by Gasteiger charge is -2.00. The van der Waals surface area contributed by atoms with Crippen molar-refractivity contribution in [1.82, 2.24) is 4.90 Å². The van der Waals surface area contributed by atoms with E-state index in [1.165, 1.54) is 0 Å². The molecule has 0 N–H and O–H groups in total. The first-order valence-electron chi connectivity index (χ1n) is 4.58. The minimum Gasteiger partial charge on any atom is -0.381 e. The molecule has 0 atom stereocenters. The van der Waals surface area contributed by atoms with E-state index in [0.29, 0.717) is 0 Å². The Bertz CT molecular complexity index is 202. The average molecular weight is 182 g/mol. The zero-order valence-electron chi connectivity index (χ0n) is 9.07. The molecule has 0 amide bonds. The Hall–Kier alpha value is -1.12. The van der Waals surface area contributed by atoms with Gasteiger partial charge < -0.3 is 4.90 Å². The molecule has 0 bridgehead atoms. The van der Waals surface area contributed by atoms with Gasteiger partial charge in [-0.25, -0.2) is 4.58 Å². The molecule has 0 spiro atoms. The fraction of sp³-hybridized carbons (Fsp3) is 0.600. The first-order chi connectivity index (χ1) is 6.16. The molecule has 0 aliphatic heterocycles. The standard InChI is InChI=1S/C10H20N3/c1-5-6-7-11-10-13(4)9-8-12(2)3/h7-10H,5-6H2,1-4H3/q+1/b9-8-. The Morgan fingerprint density at radius 3 is 2.62 bits per heavy atom. The second-order valence-corrected chi connectivity index (χ2v) is 3.16. The third-order valence-electron chi connectivity index (χ3n) is 1.37. The molecule has 0 aromatic carbocycles. The van der Waals surface area contributed by atoms with E-state index in [1.807, 2.05) is 49.2 Å². The van der Waals surface area contributed by atoms with Gasteiger partial charge >= 0.3 is 0 Å². The summed E-state index contributed by atoms with van der Waals surface area (Å²) < 4.78 is 1.92. The van der Waals surface area contributed by atoms with Gasteiger partial charge in [0.25, 0.3) is 6.34 Å². The summed E-state index contributed by atoms with van der Waals surface area (Å²) in [5.41, 5.74) is 0. The lowest BCUT2D eigenvalue weighted by atomic mass is 10.4. The molecule has 0 radical (unpaired) electrons. The van der Waals surface area contributed by atoms with Crippen LogP contribution in [-0.2, 0) is 0 Å². The molecule has 0 aromatic rings. The van der Waals surface area contributed by atoms with Crippen LogP contribution in [0.2, 0.25) is 0 Å². The van der Waals surface area contributed by atoms with Gasteiger partial charge in [-0.3, -0.25) is 0 Å². The Balaban J connectivity index is 3.88. The van der Waals surface area contributed by atoms with Crippen LogP contribution in [0.25, 0.3) is 0 Å². The maximum absolute atomic E-state index is 4.15. The van der Waals surface area contributed by atoms with Crippen molar-refractivity contribution in [3.8, 4) is 0 Å². The van der Waals surface area contributed by atoms with Crippen molar-refractivity contribution in [3.63, 3.8) is 0 Å². The third kappa shape index (κ3) is 8.79. The quantitative estimate of drug-likeness (QED) is 0.358. The van der Waals surface area contributed by atoms with E-state index in [2.05, 4.69) is 11.9 Å². The molecule has 0 aliphatic rings. The molecule has 3 heteroatoms. The number of rotatable bonds is 5. The predicted octanol–water partition coefficient (Wildman–Crippen LogP) is 1.56. The average Bonchev–Trinajstić information content (AvgIpc) is 2.09. The van der Waals surface area contributed by atoms with Crippen LogP contribution < -0.4 is 0 Å². The van der Waals surface area contributed by atoms with Gasteiger partial charge in [-0.1, -0.05) is 11.9 Å². The van der Waals surface area contributed by atoms with Crippen LogP contribution in [0, 0.1) is 0 Å². The molecule has 0 rings (SSSR count). The number of aliphatic imine (C=N–C) groups is 1. The monoisotopic (exact) mass is 182 g/mol. The fourth-order valence-electron chi connectivity index (χ4n) is 0.633. The Morgan fingerprint density at radius 1 is 1.38 bits per heavy atom. The van der Waals surface area contributed by atoms with Gasteiger partial charge in [0.2, 0.25) is 0 Å². The molecule has 0 fully saturated rings. The molecule has 0 unspecified atom stereocenters. The second-order valence-electron chi connectivity index (χ2n) is 3.16. The number of nitrogens with zero attached hydrogens (tertiary/aromatic N) is 3. The van der Waals surface area contributed by atoms with Crippen LogP contribution >= 0.6 is 0 Å². The zero-order chi connectivity index (χ0) is 10.1. The van der Waals surface area contributed by atoms with E-state index in [9.17, 15) is 0 Å². The van der Waals surface area contributed by atoms with E-state index in [-0.39, 0.29) is 0 Å². The first kappa shape index (κ1) is 11.9. The highest BCUT2D eigenvalue weighted by Crippen LogP contribution is 1.80. The van der Waals surface area contributed by atoms with Crippen LogP contribution in [0.1, 0.15) is 19.8 Å². The first-order valence-corrected chi connectivity index (χ1v) is 4.58. The zero-order valence-corrected chi connectivity index (χ0v) is 9.07. The summed E-state index contributed by atoms with van der Waals surface area (Å²) in [7, 11) is 5.94. The lowest BCUT2D eigenvalue weighted by Crippen LogP contribution is -2.04. The van der Waals surface area contributed by atoms with Crippen molar-refractivity contribution in [2.75, 3.05) is 21.1 Å². The molecule has 0 aromatic heterocycles. The van der Waals surface area contributed by atoms with Crippen molar-refractivity contribution in [2.24, 2.45) is 4.99 Å². The van der Waals surface area contributed by atoms with E-state index >= 15 is 0 Å². The number of hydrogen-bond donors (Lipinski definition) is 0. The van der Waals surface area contributed by atoms with Gasteiger partial charge in [0, 0.05) is 26.7 Å². The van der Waals surface area contributed by atoms with Gasteiger partial charge in [0.1, 0.15) is 12.4 Å². The van der Waals surface area contributed by atoms with E-state index in [4.69, 9.17) is 0 Å². The maximum Gasteiger partial charge on any atom is 0.285 e. The molecular weight excluding hydrogens is 162 g/mol. The summed E-state index contributed by atoms with van der Waals surface area (Å²) >= 11 is 0. The Morgan fingerprint density at radius 2 is 2.08 bits per heavy atom. The molecule has 0 saturated carbocycles. The highest BCUT2D eigenvalue weighted by atomic mass is 15.1. The topological polar surface area (TPSA) is 18.6 Å². The molecular formula is C10H20N3+. The van der Waals surface area contributed by atoms with Crippen LogP contribution in [-0.4, -0.2) is 43.2 Å². The summed E-state index contributed by atoms with van der Waals surface area (Å²) in [6, 6.07) is 0. The molecule has 74 valence electrons. The summed E-state index contributed by atoms with van der Waals surface area (Å²) in [5, 5.41) is 0. The lowest BCUT2D eigenvalue weighted by molar-refractivity contribution is -0.418. The van der Waals surface area contributed by atoms with Crippen LogP contribution in [0.3, 0.4) is 0 Å². The van der Waals surface area contributed by atoms with Gasteiger partial charge in [-0.05, 0) is 6.42 Å². The third-order valence-corrected chi connectivity index (χ3v) is 1.37. The van der Waals surface area contributed by atoms with E-state index < -0.39 is 0 Å². The fourth-order valence-corrected chi connectivity index (χ4v) is 0.633. The Labute approximate surface area is 81.1 Å². The van der Waals surface area contributed by atoms with E-state index in [1.54, 1.807) is 6.34 Å². The summed E-state index contributed by atoms with van der Waals surface area (Å²) in [6.07, 6.45) is 9.86. The van der Waals surface area contributed by atoms with Crippen LogP contribution in [0.5, 0.6) is 0 Å². The molecule has 0 saturated heterocycles. The normalized spacial score (nSPS) is 13.1. The number of unbranched alkanes of at least 4 members (excludes halogenated alkanes) is 1. The maximum atomic E-state index is 4.15.